The second-order valence-corrected chi connectivity index (χ2v) is 13.4. The molecule has 0 bridgehead atoms. The molecule has 0 radical (unpaired) electrons. The minimum atomic E-state index is -3.26. The van der Waals surface area contributed by atoms with Gasteiger partial charge in [0.15, 0.2) is 5.82 Å². The third kappa shape index (κ3) is 5.80. The molecule has 1 aliphatic rings. The zero-order valence-corrected chi connectivity index (χ0v) is 25.7. The SMILES string of the molecule is CC(C)c1ccc(N2C[C@H](N(C)S(C)(=O)=O)[C@H]2C)c2cnc(Nc3ccnc(-c4cnn(Cc5ccncc5)c4)n3)cc12. The highest BCUT2D eigenvalue weighted by atomic mass is 32.2. The Morgan fingerprint density at radius 2 is 1.81 bits per heavy atom. The number of pyridine rings is 2. The van der Waals surface area contributed by atoms with Crippen LogP contribution in [0, 0.1) is 0 Å². The predicted molar refractivity (Wildman–Crippen MR) is 169 cm³/mol. The third-order valence-corrected chi connectivity index (χ3v) is 9.48. The number of anilines is 3. The molecule has 1 aliphatic heterocycles. The van der Waals surface area contributed by atoms with E-state index >= 15 is 0 Å². The Morgan fingerprint density at radius 1 is 1.02 bits per heavy atom. The molecule has 6 rings (SSSR count). The summed E-state index contributed by atoms with van der Waals surface area (Å²) < 4.78 is 27.6. The van der Waals surface area contributed by atoms with Gasteiger partial charge in [-0.3, -0.25) is 9.67 Å². The Balaban J connectivity index is 1.25. The predicted octanol–water partition coefficient (Wildman–Crippen LogP) is 4.67. The molecule has 5 heterocycles. The van der Waals surface area contributed by atoms with Crippen LogP contribution >= 0.6 is 0 Å². The minimum absolute atomic E-state index is 0.0409. The molecule has 5 aromatic rings. The van der Waals surface area contributed by atoms with Crippen molar-refractivity contribution in [1.82, 2.24) is 34.0 Å². The molecule has 11 nitrogen and oxygen atoms in total. The van der Waals surface area contributed by atoms with Crippen LogP contribution < -0.4 is 10.2 Å². The van der Waals surface area contributed by atoms with E-state index in [-0.39, 0.29) is 12.1 Å². The van der Waals surface area contributed by atoms with Crippen LogP contribution in [0.4, 0.5) is 17.3 Å². The van der Waals surface area contributed by atoms with Gasteiger partial charge in [-0.15, -0.1) is 0 Å². The van der Waals surface area contributed by atoms with E-state index in [1.165, 1.54) is 16.1 Å². The van der Waals surface area contributed by atoms with E-state index in [0.29, 0.717) is 36.5 Å². The highest BCUT2D eigenvalue weighted by molar-refractivity contribution is 7.88. The Labute approximate surface area is 251 Å². The Kier molecular flexibility index (Phi) is 7.57. The lowest BCUT2D eigenvalue weighted by Gasteiger charge is -2.51. The fraction of sp³-hybridized carbons (Fsp3) is 0.323. The van der Waals surface area contributed by atoms with Gasteiger partial charge in [-0.1, -0.05) is 19.9 Å². The molecule has 1 fully saturated rings. The van der Waals surface area contributed by atoms with Crippen LogP contribution in [0.25, 0.3) is 22.2 Å². The van der Waals surface area contributed by atoms with Crippen LogP contribution in [0.3, 0.4) is 0 Å². The molecule has 1 aromatic carbocycles. The Morgan fingerprint density at radius 3 is 2.53 bits per heavy atom. The maximum atomic E-state index is 12.1. The first kappa shape index (κ1) is 28.7. The van der Waals surface area contributed by atoms with Crippen molar-refractivity contribution >= 4 is 38.1 Å². The number of nitrogens with one attached hydrogen (secondary N) is 1. The van der Waals surface area contributed by atoms with E-state index < -0.39 is 10.0 Å². The third-order valence-electron chi connectivity index (χ3n) is 8.16. The van der Waals surface area contributed by atoms with Gasteiger partial charge in [0.1, 0.15) is 11.6 Å². The first-order valence-corrected chi connectivity index (χ1v) is 16.1. The number of likely N-dealkylation sites (N-methyl/N-ethyl adjacent to an activating group) is 1. The van der Waals surface area contributed by atoms with Crippen LogP contribution in [0.5, 0.6) is 0 Å². The van der Waals surface area contributed by atoms with Crippen LogP contribution in [0.1, 0.15) is 37.8 Å². The molecule has 1 saturated heterocycles. The first-order chi connectivity index (χ1) is 20.6. The largest absolute Gasteiger partial charge is 0.365 e. The normalized spacial score (nSPS) is 17.0. The molecule has 43 heavy (non-hydrogen) atoms. The summed E-state index contributed by atoms with van der Waals surface area (Å²) in [6.45, 7) is 7.68. The molecule has 0 saturated carbocycles. The number of hydrogen-bond donors (Lipinski definition) is 1. The minimum Gasteiger partial charge on any atom is -0.365 e. The van der Waals surface area contributed by atoms with Crippen molar-refractivity contribution in [3.8, 4) is 11.4 Å². The number of sulfonamides is 1. The standard InChI is InChI=1S/C31H35N9O2S/c1-20(2)24-6-7-27(40-19-28(21(40)3)38(4)43(5,41)42)26-16-34-30(14-25(24)26)36-29-10-13-33-31(37-29)23-15-35-39(18-23)17-22-8-11-32-12-9-22/h6-16,18,20-21,28H,17,19H2,1-5H3,(H,33,34,36,37)/t21-,28+/m1/s1. The number of hydrogen-bond acceptors (Lipinski definition) is 9. The fourth-order valence-electron chi connectivity index (χ4n) is 5.58. The summed E-state index contributed by atoms with van der Waals surface area (Å²) >= 11 is 0. The highest BCUT2D eigenvalue weighted by Gasteiger charge is 2.41. The number of rotatable bonds is 9. The van der Waals surface area contributed by atoms with E-state index in [2.05, 4.69) is 64.3 Å². The molecular formula is C31H35N9O2S. The van der Waals surface area contributed by atoms with Crippen molar-refractivity contribution in [1.29, 1.82) is 0 Å². The molecule has 4 aromatic heterocycles. The van der Waals surface area contributed by atoms with E-state index in [0.717, 1.165) is 27.6 Å². The van der Waals surface area contributed by atoms with E-state index in [9.17, 15) is 8.42 Å². The molecule has 2 atom stereocenters. The summed E-state index contributed by atoms with van der Waals surface area (Å²) in [6.07, 6.45) is 12.1. The number of fused-ring (bicyclic) bond motifs is 1. The lowest BCUT2D eigenvalue weighted by atomic mass is 9.92. The molecule has 1 N–H and O–H groups in total. The van der Waals surface area contributed by atoms with E-state index in [4.69, 9.17) is 9.97 Å². The van der Waals surface area contributed by atoms with Gasteiger partial charge in [0.2, 0.25) is 10.0 Å². The van der Waals surface area contributed by atoms with Gasteiger partial charge in [-0.2, -0.15) is 9.40 Å². The van der Waals surface area contributed by atoms with Crippen molar-refractivity contribution in [3.63, 3.8) is 0 Å². The lowest BCUT2D eigenvalue weighted by molar-refractivity contribution is 0.251. The van der Waals surface area contributed by atoms with Crippen LogP contribution in [0.2, 0.25) is 0 Å². The summed E-state index contributed by atoms with van der Waals surface area (Å²) in [5.41, 5.74) is 4.20. The maximum Gasteiger partial charge on any atom is 0.211 e. The number of aromatic nitrogens is 6. The monoisotopic (exact) mass is 597 g/mol. The van der Waals surface area contributed by atoms with Gasteiger partial charge in [-0.05, 0) is 59.7 Å². The van der Waals surface area contributed by atoms with Gasteiger partial charge in [0, 0.05) is 61.7 Å². The molecule has 222 valence electrons. The summed E-state index contributed by atoms with van der Waals surface area (Å²) in [4.78, 5) is 20.3. The lowest BCUT2D eigenvalue weighted by Crippen LogP contribution is -2.65. The molecule has 0 spiro atoms. The number of benzene rings is 1. The molecule has 0 amide bonds. The average Bonchev–Trinajstić information content (AvgIpc) is 3.45. The molecule has 0 unspecified atom stereocenters. The van der Waals surface area contributed by atoms with E-state index in [1.54, 1.807) is 31.8 Å². The highest BCUT2D eigenvalue weighted by Crippen LogP contribution is 2.39. The van der Waals surface area contributed by atoms with Gasteiger partial charge < -0.3 is 10.2 Å². The smallest absolute Gasteiger partial charge is 0.211 e. The maximum absolute atomic E-state index is 12.1. The fourth-order valence-corrected chi connectivity index (χ4v) is 6.32. The second-order valence-electron chi connectivity index (χ2n) is 11.4. The average molecular weight is 598 g/mol. The Hall–Kier alpha value is -4.42. The van der Waals surface area contributed by atoms with Crippen molar-refractivity contribution in [2.45, 2.75) is 45.3 Å². The van der Waals surface area contributed by atoms with Crippen LogP contribution in [-0.4, -0.2) is 74.4 Å². The van der Waals surface area contributed by atoms with Gasteiger partial charge >= 0.3 is 0 Å². The van der Waals surface area contributed by atoms with E-state index in [1.807, 2.05) is 35.3 Å². The van der Waals surface area contributed by atoms with Crippen molar-refractivity contribution in [2.24, 2.45) is 0 Å². The van der Waals surface area contributed by atoms with Crippen LogP contribution in [-0.2, 0) is 16.6 Å². The Bertz CT molecular complexity index is 1880. The summed E-state index contributed by atoms with van der Waals surface area (Å²) in [5, 5.41) is 9.97. The quantitative estimate of drug-likeness (QED) is 0.258. The second kappa shape index (κ2) is 11.3. The molecule has 0 aliphatic carbocycles. The van der Waals surface area contributed by atoms with Crippen molar-refractivity contribution in [2.75, 3.05) is 30.1 Å². The summed E-state index contributed by atoms with van der Waals surface area (Å²) in [7, 11) is -1.61. The van der Waals surface area contributed by atoms with Gasteiger partial charge in [0.25, 0.3) is 0 Å². The summed E-state index contributed by atoms with van der Waals surface area (Å²) in [5.74, 6) is 2.18. The van der Waals surface area contributed by atoms with Crippen molar-refractivity contribution in [3.05, 3.63) is 84.7 Å². The van der Waals surface area contributed by atoms with Crippen LogP contribution in [0.15, 0.2) is 73.6 Å². The summed E-state index contributed by atoms with van der Waals surface area (Å²) in [6, 6.07) is 12.1. The zero-order chi connectivity index (χ0) is 30.3. The van der Waals surface area contributed by atoms with Gasteiger partial charge in [0.05, 0.1) is 30.6 Å². The molecule has 12 heteroatoms. The van der Waals surface area contributed by atoms with Crippen molar-refractivity contribution < 1.29 is 8.42 Å². The van der Waals surface area contributed by atoms with Gasteiger partial charge in [-0.25, -0.2) is 23.4 Å². The topological polar surface area (TPSA) is 122 Å². The number of nitrogens with zero attached hydrogens (tertiary/aromatic N) is 8. The molecular weight excluding hydrogens is 562 g/mol. The zero-order valence-electron chi connectivity index (χ0n) is 24.9. The first-order valence-electron chi connectivity index (χ1n) is 14.2.